The molecule has 0 bridgehead atoms. The molecule has 0 unspecified atom stereocenters. The van der Waals surface area contributed by atoms with Gasteiger partial charge in [-0.2, -0.15) is 0 Å². The van der Waals surface area contributed by atoms with Gasteiger partial charge >= 0.3 is 0 Å². The Hall–Kier alpha value is -1.12. The third-order valence-electron chi connectivity index (χ3n) is 3.44. The van der Waals surface area contributed by atoms with Gasteiger partial charge in [-0.3, -0.25) is 0 Å². The fourth-order valence-corrected chi connectivity index (χ4v) is 2.25. The van der Waals surface area contributed by atoms with Gasteiger partial charge in [0, 0.05) is 11.5 Å². The van der Waals surface area contributed by atoms with Crippen LogP contribution in [0.2, 0.25) is 0 Å². The van der Waals surface area contributed by atoms with Crippen molar-refractivity contribution in [1.29, 1.82) is 0 Å². The summed E-state index contributed by atoms with van der Waals surface area (Å²) in [5.74, 6) is 0.500. The van der Waals surface area contributed by atoms with Gasteiger partial charge in [0.25, 0.3) is 0 Å². The highest BCUT2D eigenvalue weighted by Gasteiger charge is 2.20. The predicted molar refractivity (Wildman–Crippen MR) is 78.0 cm³/mol. The van der Waals surface area contributed by atoms with Crippen LogP contribution in [-0.2, 0) is 15.9 Å². The number of unbranched alkanes of at least 4 members (excludes halogenated alkanes) is 2. The second-order valence-corrected chi connectivity index (χ2v) is 5.38. The molecular weight excluding hydrogens is 236 g/mol. The lowest BCUT2D eigenvalue weighted by Gasteiger charge is -2.27. The highest BCUT2D eigenvalue weighted by atomic mass is 16.7. The van der Waals surface area contributed by atoms with Crippen LogP contribution in [0.3, 0.4) is 0 Å². The minimum atomic E-state index is -0.175. The molecule has 2 rings (SSSR count). The van der Waals surface area contributed by atoms with E-state index in [-0.39, 0.29) is 6.29 Å². The molecule has 1 heterocycles. The quantitative estimate of drug-likeness (QED) is 0.562. The van der Waals surface area contributed by atoms with Crippen LogP contribution in [0.5, 0.6) is 0 Å². The average molecular weight is 260 g/mol. The maximum Gasteiger partial charge on any atom is 0.183 e. The van der Waals surface area contributed by atoms with Crippen molar-refractivity contribution in [3.63, 3.8) is 0 Å². The number of ether oxygens (including phenoxy) is 2. The number of allylic oxidation sites excluding steroid dienone is 1. The highest BCUT2D eigenvalue weighted by molar-refractivity contribution is 5.23. The Balaban J connectivity index is 1.82. The first-order chi connectivity index (χ1) is 9.29. The van der Waals surface area contributed by atoms with Crippen LogP contribution in [0.4, 0.5) is 0 Å². The molecular formula is C17H24O2. The maximum absolute atomic E-state index is 5.70. The molecule has 0 aliphatic carbocycles. The number of hydrogen-bond acceptors (Lipinski definition) is 2. The molecule has 1 aromatic carbocycles. The first-order valence-corrected chi connectivity index (χ1v) is 7.22. The van der Waals surface area contributed by atoms with Crippen molar-refractivity contribution in [3.05, 3.63) is 48.0 Å². The van der Waals surface area contributed by atoms with E-state index < -0.39 is 0 Å². The molecule has 1 saturated heterocycles. The molecule has 1 aromatic rings. The summed E-state index contributed by atoms with van der Waals surface area (Å²) in [6.45, 7) is 7.46. The van der Waals surface area contributed by atoms with E-state index in [1.807, 2.05) is 6.08 Å². The zero-order valence-electron chi connectivity index (χ0n) is 11.8. The van der Waals surface area contributed by atoms with E-state index in [0.29, 0.717) is 5.92 Å². The molecule has 0 radical (unpaired) electrons. The lowest BCUT2D eigenvalue weighted by atomic mass is 10.0. The number of aryl methyl sites for hydroxylation is 1. The summed E-state index contributed by atoms with van der Waals surface area (Å²) < 4.78 is 11.4. The molecule has 1 aliphatic rings. The Labute approximate surface area is 116 Å². The van der Waals surface area contributed by atoms with E-state index in [9.17, 15) is 0 Å². The summed E-state index contributed by atoms with van der Waals surface area (Å²) in [6, 6.07) is 8.63. The largest absolute Gasteiger partial charge is 0.348 e. The van der Waals surface area contributed by atoms with Crippen molar-refractivity contribution < 1.29 is 9.47 Å². The summed E-state index contributed by atoms with van der Waals surface area (Å²) in [6.07, 6.45) is 6.50. The monoisotopic (exact) mass is 260 g/mol. The third-order valence-corrected chi connectivity index (χ3v) is 3.44. The van der Waals surface area contributed by atoms with E-state index >= 15 is 0 Å². The van der Waals surface area contributed by atoms with Crippen molar-refractivity contribution in [2.24, 2.45) is 5.92 Å². The smallest absolute Gasteiger partial charge is 0.183 e. The van der Waals surface area contributed by atoms with Gasteiger partial charge in [0.05, 0.1) is 13.2 Å². The summed E-state index contributed by atoms with van der Waals surface area (Å²) in [5.41, 5.74) is 2.51. The minimum Gasteiger partial charge on any atom is -0.348 e. The average Bonchev–Trinajstić information content (AvgIpc) is 2.45. The van der Waals surface area contributed by atoms with Gasteiger partial charge in [-0.05, 0) is 31.2 Å². The predicted octanol–water partition coefficient (Wildman–Crippen LogP) is 4.27. The maximum atomic E-state index is 5.70. The summed E-state index contributed by atoms with van der Waals surface area (Å²) in [7, 11) is 0. The van der Waals surface area contributed by atoms with Crippen molar-refractivity contribution >= 4 is 0 Å². The van der Waals surface area contributed by atoms with Crippen LogP contribution in [0.25, 0.3) is 0 Å². The number of hydrogen-bond donors (Lipinski definition) is 0. The van der Waals surface area contributed by atoms with Crippen LogP contribution < -0.4 is 0 Å². The van der Waals surface area contributed by atoms with Gasteiger partial charge in [0.15, 0.2) is 6.29 Å². The lowest BCUT2D eigenvalue weighted by Crippen LogP contribution is -2.24. The molecule has 2 heteroatoms. The Morgan fingerprint density at radius 3 is 2.47 bits per heavy atom. The molecule has 1 aliphatic heterocycles. The second kappa shape index (κ2) is 7.46. The van der Waals surface area contributed by atoms with Crippen molar-refractivity contribution in [2.75, 3.05) is 13.2 Å². The summed E-state index contributed by atoms with van der Waals surface area (Å²) in [5, 5.41) is 0. The van der Waals surface area contributed by atoms with Gasteiger partial charge in [0.2, 0.25) is 0 Å². The van der Waals surface area contributed by atoms with Crippen LogP contribution in [0.15, 0.2) is 36.9 Å². The van der Waals surface area contributed by atoms with Crippen LogP contribution in [0.1, 0.15) is 43.6 Å². The molecule has 1 fully saturated rings. The summed E-state index contributed by atoms with van der Waals surface area (Å²) >= 11 is 0. The topological polar surface area (TPSA) is 18.5 Å². The van der Waals surface area contributed by atoms with Crippen molar-refractivity contribution in [2.45, 2.75) is 38.9 Å². The van der Waals surface area contributed by atoms with Crippen LogP contribution >= 0.6 is 0 Å². The van der Waals surface area contributed by atoms with Crippen LogP contribution in [-0.4, -0.2) is 13.2 Å². The molecule has 104 valence electrons. The van der Waals surface area contributed by atoms with Crippen molar-refractivity contribution in [3.8, 4) is 0 Å². The molecule has 0 atom stereocenters. The normalized spacial score (nSPS) is 23.2. The Kier molecular flexibility index (Phi) is 5.62. The van der Waals surface area contributed by atoms with Crippen LogP contribution in [0, 0.1) is 5.92 Å². The molecule has 0 N–H and O–H groups in total. The van der Waals surface area contributed by atoms with Gasteiger partial charge in [-0.15, -0.1) is 6.58 Å². The summed E-state index contributed by atoms with van der Waals surface area (Å²) in [4.78, 5) is 0. The SMILES string of the molecule is C=CCCCCc1ccc(C2OCC(C)CO2)cc1. The Morgan fingerprint density at radius 2 is 1.84 bits per heavy atom. The Bertz CT molecular complexity index is 375. The lowest BCUT2D eigenvalue weighted by molar-refractivity contribution is -0.202. The third kappa shape index (κ3) is 4.48. The first kappa shape index (κ1) is 14.3. The van der Waals surface area contributed by atoms with E-state index in [0.717, 1.165) is 31.6 Å². The second-order valence-electron chi connectivity index (χ2n) is 5.38. The van der Waals surface area contributed by atoms with Crippen molar-refractivity contribution in [1.82, 2.24) is 0 Å². The molecule has 19 heavy (non-hydrogen) atoms. The highest BCUT2D eigenvalue weighted by Crippen LogP contribution is 2.25. The van der Waals surface area contributed by atoms with Gasteiger partial charge < -0.3 is 9.47 Å². The standard InChI is InChI=1S/C17H24O2/c1-3-4-5-6-7-15-8-10-16(11-9-15)17-18-12-14(2)13-19-17/h3,8-11,14,17H,1,4-7,12-13H2,2H3. The van der Waals surface area contributed by atoms with E-state index in [4.69, 9.17) is 9.47 Å². The fourth-order valence-electron chi connectivity index (χ4n) is 2.25. The van der Waals surface area contributed by atoms with Gasteiger partial charge in [-0.1, -0.05) is 37.3 Å². The molecule has 0 amide bonds. The number of benzene rings is 1. The molecule has 2 nitrogen and oxygen atoms in total. The number of rotatable bonds is 6. The zero-order valence-corrected chi connectivity index (χ0v) is 11.8. The first-order valence-electron chi connectivity index (χ1n) is 7.22. The zero-order chi connectivity index (χ0) is 13.5. The minimum absolute atomic E-state index is 0.175. The van der Waals surface area contributed by atoms with E-state index in [2.05, 4.69) is 37.8 Å². The van der Waals surface area contributed by atoms with E-state index in [1.165, 1.54) is 18.4 Å². The van der Waals surface area contributed by atoms with E-state index in [1.54, 1.807) is 0 Å². The molecule has 0 aromatic heterocycles. The molecule has 0 saturated carbocycles. The fraction of sp³-hybridized carbons (Fsp3) is 0.529. The van der Waals surface area contributed by atoms with Gasteiger partial charge in [-0.25, -0.2) is 0 Å². The molecule has 0 spiro atoms. The van der Waals surface area contributed by atoms with Gasteiger partial charge in [0.1, 0.15) is 0 Å². The Morgan fingerprint density at radius 1 is 1.16 bits per heavy atom.